The minimum absolute atomic E-state index is 0.00922. The summed E-state index contributed by atoms with van der Waals surface area (Å²) in [5.41, 5.74) is 4.24. The number of unbranched alkanes of at least 4 members (excludes halogenated alkanes) is 3. The third-order valence-corrected chi connectivity index (χ3v) is 18.5. The van der Waals surface area contributed by atoms with E-state index in [0.29, 0.717) is 19.3 Å². The number of nitrogens with two attached hydrogens (primary N) is 1. The molecule has 32 nitrogen and oxygen atoms in total. The van der Waals surface area contributed by atoms with Gasteiger partial charge in [-0.25, -0.2) is 32.1 Å². The molecule has 4 aromatic rings. The van der Waals surface area contributed by atoms with Gasteiger partial charge >= 0.3 is 33.6 Å². The number of aliphatic hydroxyl groups is 2. The van der Waals surface area contributed by atoms with Crippen molar-refractivity contribution in [2.24, 2.45) is 0 Å². The summed E-state index contributed by atoms with van der Waals surface area (Å²) >= 11 is 0. The number of carbonyl (C=O) groups excluding carboxylic acids is 2. The molecule has 448 valence electrons. The lowest BCUT2D eigenvalue weighted by Crippen LogP contribution is -2.76. The number of aliphatic hydroxyl groups excluding tert-OH is 2. The molecule has 3 aliphatic rings. The standard InChI is InChI=1S/C45H58N9O23P3S2/c1-4-47-29-18-16-27-33(28-17-19-30(48-5-2)40(82(69,70)71)38(28)75-37(27)39(29)81(66,67)68)25-13-8-9-14-26(25)43(59)53(3)21-12-15-32(55)49-20-10-6-7-11-22-72-78(60,61)76-80(64,65)77-79(62,63)73-23-31-35(56)36(57)44(74-31)54-24-50-34-41(54)51-45(46)52-42(34)58/h8-9,13-14,16-19,24,31,35-36,44,47,56-57H,4-7,10-12,15,20-23H2,1-3H3,(H,49,55)(H,60,61)(H,62,63)(H,64,65)(H,66,67,68)(H,69,70,71)(H3,46,51,52,58)/t31-,35-,36-,44-/m1/s1. The molecule has 2 amide bonds. The minimum atomic E-state index is -5.88. The molecule has 1 saturated heterocycles. The van der Waals surface area contributed by atoms with Gasteiger partial charge in [-0.15, -0.1) is 0 Å². The van der Waals surface area contributed by atoms with Gasteiger partial charge in [0.25, 0.3) is 11.5 Å². The summed E-state index contributed by atoms with van der Waals surface area (Å²) in [6.45, 7) is 2.42. The number of nitrogens with one attached hydrogen (secondary N) is 4. The van der Waals surface area contributed by atoms with Crippen molar-refractivity contribution in [2.75, 3.05) is 57.5 Å². The molecule has 37 heteroatoms. The number of phosphoric ester groups is 2. The number of nitrogen functional groups attached to an aromatic ring is 1. The largest absolute Gasteiger partial charge is 0.744 e. The number of H-pyrrole nitrogens is 1. The van der Waals surface area contributed by atoms with E-state index in [1.165, 1.54) is 48.3 Å². The van der Waals surface area contributed by atoms with E-state index in [9.17, 15) is 78.9 Å². The molecule has 7 rings (SSSR count). The highest BCUT2D eigenvalue weighted by Crippen LogP contribution is 2.68. The van der Waals surface area contributed by atoms with Crippen LogP contribution in [-0.2, 0) is 61.1 Å². The lowest BCUT2D eigenvalue weighted by Gasteiger charge is -2.23. The van der Waals surface area contributed by atoms with Gasteiger partial charge in [0.15, 0.2) is 28.7 Å². The predicted octanol–water partition coefficient (Wildman–Crippen LogP) is 1.02. The van der Waals surface area contributed by atoms with Crippen molar-refractivity contribution >= 4 is 89.3 Å². The quantitative estimate of drug-likeness (QED) is 0.0148. The lowest BCUT2D eigenvalue weighted by molar-refractivity contribution is -0.498. The number of aromatic amines is 1. The van der Waals surface area contributed by atoms with Gasteiger partial charge in [-0.2, -0.15) is 22.0 Å². The highest BCUT2D eigenvalue weighted by Gasteiger charge is 2.47. The Kier molecular flexibility index (Phi) is 20.2. The number of carbonyl (C=O) groups is 2. The molecule has 1 fully saturated rings. The Morgan fingerprint density at radius 1 is 0.915 bits per heavy atom. The molecule has 3 unspecified atom stereocenters. The molecule has 4 heterocycles. The normalized spacial score (nSPS) is 19.3. The van der Waals surface area contributed by atoms with Gasteiger partial charge in [-0.3, -0.25) is 37.5 Å². The Morgan fingerprint density at radius 3 is 2.29 bits per heavy atom. The average molecular weight is 1250 g/mol. The number of rotatable bonds is 27. The van der Waals surface area contributed by atoms with E-state index >= 15 is 0 Å². The number of aromatic nitrogens is 4. The maximum Gasteiger partial charge on any atom is 0.490 e. The van der Waals surface area contributed by atoms with E-state index < -0.39 is 114 Å². The molecule has 2 aromatic carbocycles. The topological polar surface area (TPSA) is 488 Å². The number of ether oxygens (including phenoxy) is 1. The number of hydrogen-bond acceptors (Lipinski definition) is 23. The van der Waals surface area contributed by atoms with Crippen LogP contribution in [0.1, 0.15) is 69.0 Å². The summed E-state index contributed by atoms with van der Waals surface area (Å²) in [6, 6.07) is 11.8. The molecule has 7 atom stereocenters. The number of benzene rings is 3. The molecular weight excluding hydrogens is 1190 g/mol. The first-order chi connectivity index (χ1) is 38.5. The summed E-state index contributed by atoms with van der Waals surface area (Å²) in [7, 11) is -25.9. The number of fused-ring (bicyclic) bond motifs is 3. The first-order valence-electron chi connectivity index (χ1n) is 24.8. The van der Waals surface area contributed by atoms with Crippen LogP contribution in [0.3, 0.4) is 0 Å². The number of hydrogen-bond donors (Lipinski definition) is 11. The van der Waals surface area contributed by atoms with E-state index in [-0.39, 0.29) is 107 Å². The van der Waals surface area contributed by atoms with Crippen LogP contribution in [-0.4, -0.2) is 152 Å². The van der Waals surface area contributed by atoms with Gasteiger partial charge in [0.1, 0.15) is 39.9 Å². The molecule has 0 saturated carbocycles. The average Bonchev–Trinajstić information content (AvgIpc) is 2.57. The lowest BCUT2D eigenvalue weighted by atomic mass is 9.90. The Labute approximate surface area is 466 Å². The fourth-order valence-corrected chi connectivity index (χ4v) is 14.0. The molecule has 2 aliphatic heterocycles. The number of nitrogens with zero attached hydrogens (tertiary/aromatic N) is 4. The van der Waals surface area contributed by atoms with Crippen molar-refractivity contribution in [2.45, 2.75) is 86.7 Å². The van der Waals surface area contributed by atoms with Crippen molar-refractivity contribution in [3.05, 3.63) is 76.1 Å². The van der Waals surface area contributed by atoms with Crippen LogP contribution in [0, 0.1) is 0 Å². The van der Waals surface area contributed by atoms with Gasteiger partial charge in [0.2, 0.25) is 22.1 Å². The summed E-state index contributed by atoms with van der Waals surface area (Å²) in [4.78, 5) is 81.8. The van der Waals surface area contributed by atoms with Crippen molar-refractivity contribution in [3.63, 3.8) is 0 Å². The summed E-state index contributed by atoms with van der Waals surface area (Å²) < 4.78 is 143. The third kappa shape index (κ3) is 15.1. The molecule has 0 spiro atoms. The molecule has 0 bridgehead atoms. The Hall–Kier alpha value is -5.87. The molecule has 82 heavy (non-hydrogen) atoms. The highest BCUT2D eigenvalue weighted by molar-refractivity contribution is 7.86. The summed E-state index contributed by atoms with van der Waals surface area (Å²) in [6.07, 6.45) is -4.06. The van der Waals surface area contributed by atoms with Gasteiger partial charge in [0, 0.05) is 61.2 Å². The molecule has 2 aromatic heterocycles. The smallest absolute Gasteiger partial charge is 0.490 e. The number of amides is 2. The van der Waals surface area contributed by atoms with Crippen molar-refractivity contribution < 1.29 is 106 Å². The number of phosphoric acid groups is 3. The second-order valence-corrected chi connectivity index (χ2v) is 25.6. The van der Waals surface area contributed by atoms with E-state index in [2.05, 4.69) is 48.2 Å². The van der Waals surface area contributed by atoms with Crippen molar-refractivity contribution in [3.8, 4) is 22.5 Å². The van der Waals surface area contributed by atoms with Crippen molar-refractivity contribution in [1.82, 2.24) is 29.7 Å². The van der Waals surface area contributed by atoms with E-state index in [4.69, 9.17) is 14.9 Å². The van der Waals surface area contributed by atoms with Gasteiger partial charge in [0.05, 0.1) is 25.2 Å². The van der Waals surface area contributed by atoms with Crippen LogP contribution >= 0.6 is 23.5 Å². The predicted molar refractivity (Wildman–Crippen MR) is 285 cm³/mol. The zero-order valence-corrected chi connectivity index (χ0v) is 48.0. The molecule has 12 N–H and O–H groups in total. The Balaban J connectivity index is 0.866. The SMILES string of the molecule is CCNc1ccc2c(-c3ccccc3C(=O)N(C)CCCC(=O)NCCCCCCOP(=O)(O)OP(=O)(O)OP(=O)(O)OC[C@H]3O[C@@H](n4cnc5c(=O)[nH]c(N)nc54)[C@H](O)[C@@H]3O)c3ccc(=[NH+]CC)c(S(=O)(=O)O)c-3oc2c1S(=O)(=O)[O-]. The Bertz CT molecular complexity index is 3860. The fraction of sp³-hybridized carbons (Fsp3) is 0.422. The number of anilines is 2. The summed E-state index contributed by atoms with van der Waals surface area (Å²) in [5, 5.41) is 26.6. The third-order valence-electron chi connectivity index (χ3n) is 12.4. The zero-order chi connectivity index (χ0) is 60.1. The molecular formula is C45H58N9O23P3S2. The van der Waals surface area contributed by atoms with Crippen LogP contribution < -0.4 is 32.3 Å². The highest BCUT2D eigenvalue weighted by atomic mass is 32.2. The first kappa shape index (κ1) is 63.7. The van der Waals surface area contributed by atoms with Gasteiger partial charge < -0.3 is 59.9 Å². The monoisotopic (exact) mass is 1250 g/mol. The first-order valence-corrected chi connectivity index (χ1v) is 32.2. The van der Waals surface area contributed by atoms with Gasteiger partial charge in [-0.05, 0) is 62.9 Å². The molecule has 0 radical (unpaired) electrons. The maximum absolute atomic E-state index is 14.2. The van der Waals surface area contributed by atoms with Crippen LogP contribution in [0.4, 0.5) is 11.6 Å². The fourth-order valence-electron chi connectivity index (χ4n) is 8.89. The second-order valence-electron chi connectivity index (χ2n) is 18.3. The van der Waals surface area contributed by atoms with Crippen LogP contribution in [0.2, 0.25) is 0 Å². The Morgan fingerprint density at radius 2 is 1.61 bits per heavy atom. The van der Waals surface area contributed by atoms with E-state index in [0.717, 1.165) is 10.9 Å². The maximum atomic E-state index is 14.2. The van der Waals surface area contributed by atoms with E-state index in [1.807, 2.05) is 0 Å². The van der Waals surface area contributed by atoms with Crippen LogP contribution in [0.5, 0.6) is 0 Å². The molecule has 1 aliphatic carbocycles. The summed E-state index contributed by atoms with van der Waals surface area (Å²) in [5.74, 6) is -1.71. The van der Waals surface area contributed by atoms with E-state index in [1.54, 1.807) is 26.0 Å². The minimum Gasteiger partial charge on any atom is -0.744 e. The zero-order valence-electron chi connectivity index (χ0n) is 43.6. The van der Waals surface area contributed by atoms with Crippen molar-refractivity contribution in [1.29, 1.82) is 0 Å². The van der Waals surface area contributed by atoms with Crippen LogP contribution in [0.15, 0.2) is 73.9 Å². The van der Waals surface area contributed by atoms with Crippen LogP contribution in [0.25, 0.3) is 44.6 Å². The van der Waals surface area contributed by atoms with Gasteiger partial charge in [-0.1, -0.05) is 31.0 Å². The second kappa shape index (κ2) is 26.0. The number of imidazole rings is 1.